The third kappa shape index (κ3) is 3.83. The minimum atomic E-state index is -1.00. The number of fused-ring (bicyclic) bond motifs is 1. The van der Waals surface area contributed by atoms with Gasteiger partial charge in [0.05, 0.1) is 0 Å². The van der Waals surface area contributed by atoms with Gasteiger partial charge in [-0.1, -0.05) is 42.0 Å². The molecule has 0 bridgehead atoms. The molecule has 0 fully saturated rings. The maximum atomic E-state index is 12.4. The fourth-order valence-electron chi connectivity index (χ4n) is 2.55. The van der Waals surface area contributed by atoms with E-state index in [4.69, 9.17) is 4.74 Å². The molecule has 3 aromatic carbocycles. The van der Waals surface area contributed by atoms with Crippen molar-refractivity contribution in [2.24, 2.45) is 0 Å². The highest BCUT2D eigenvalue weighted by molar-refractivity contribution is 6.01. The van der Waals surface area contributed by atoms with Gasteiger partial charge >= 0.3 is 5.97 Å². The number of hydrogen-bond acceptors (Lipinski definition) is 4. The van der Waals surface area contributed by atoms with Crippen LogP contribution in [0.15, 0.2) is 60.7 Å². The highest BCUT2D eigenvalue weighted by Gasteiger charge is 2.21. The van der Waals surface area contributed by atoms with Crippen molar-refractivity contribution >= 4 is 28.3 Å². The van der Waals surface area contributed by atoms with E-state index in [0.29, 0.717) is 5.69 Å². The highest BCUT2D eigenvalue weighted by Crippen LogP contribution is 2.26. The van der Waals surface area contributed by atoms with Crippen molar-refractivity contribution in [2.45, 2.75) is 20.0 Å². The summed E-state index contributed by atoms with van der Waals surface area (Å²) in [6.07, 6.45) is -1.00. The average molecular weight is 349 g/mol. The predicted molar refractivity (Wildman–Crippen MR) is 100 cm³/mol. The summed E-state index contributed by atoms with van der Waals surface area (Å²) < 4.78 is 5.21. The van der Waals surface area contributed by atoms with Gasteiger partial charge in [-0.15, -0.1) is 0 Å². The maximum Gasteiger partial charge on any atom is 0.342 e. The first kappa shape index (κ1) is 17.5. The molecule has 0 saturated heterocycles. The number of amides is 1. The fraction of sp³-hybridized carbons (Fsp3) is 0.143. The number of esters is 1. The van der Waals surface area contributed by atoms with E-state index < -0.39 is 18.0 Å². The van der Waals surface area contributed by atoms with Crippen LogP contribution in [-0.4, -0.2) is 23.1 Å². The number of ether oxygens (including phenoxy) is 1. The van der Waals surface area contributed by atoms with Crippen LogP contribution in [0.1, 0.15) is 22.8 Å². The molecule has 132 valence electrons. The van der Waals surface area contributed by atoms with E-state index in [1.54, 1.807) is 18.2 Å². The molecular formula is C21H19NO4. The number of hydrogen-bond donors (Lipinski definition) is 2. The zero-order chi connectivity index (χ0) is 18.7. The monoisotopic (exact) mass is 349 g/mol. The van der Waals surface area contributed by atoms with Crippen molar-refractivity contribution in [3.8, 4) is 5.75 Å². The van der Waals surface area contributed by atoms with Crippen LogP contribution in [0.4, 0.5) is 5.69 Å². The van der Waals surface area contributed by atoms with Crippen LogP contribution in [0, 0.1) is 6.92 Å². The molecule has 0 spiro atoms. The first-order chi connectivity index (χ1) is 12.4. The molecule has 5 nitrogen and oxygen atoms in total. The molecule has 2 N–H and O–H groups in total. The van der Waals surface area contributed by atoms with Crippen LogP contribution >= 0.6 is 0 Å². The molecule has 1 atom stereocenters. The Morgan fingerprint density at radius 2 is 1.62 bits per heavy atom. The van der Waals surface area contributed by atoms with E-state index in [1.807, 2.05) is 43.3 Å². The van der Waals surface area contributed by atoms with Crippen LogP contribution in [0.5, 0.6) is 5.75 Å². The first-order valence-corrected chi connectivity index (χ1v) is 8.24. The van der Waals surface area contributed by atoms with Crippen LogP contribution in [0.3, 0.4) is 0 Å². The number of phenols is 1. The summed E-state index contributed by atoms with van der Waals surface area (Å²) in [5, 5.41) is 14.4. The molecule has 26 heavy (non-hydrogen) atoms. The Bertz CT molecular complexity index is 963. The third-order valence-corrected chi connectivity index (χ3v) is 4.06. The molecule has 0 heterocycles. The summed E-state index contributed by atoms with van der Waals surface area (Å²) in [5.41, 5.74) is 1.73. The largest absolute Gasteiger partial charge is 0.507 e. The molecule has 0 aromatic heterocycles. The number of nitrogens with one attached hydrogen (secondary N) is 1. The average Bonchev–Trinajstić information content (AvgIpc) is 2.62. The Hall–Kier alpha value is -3.34. The second-order valence-electron chi connectivity index (χ2n) is 6.12. The molecule has 0 saturated carbocycles. The van der Waals surface area contributed by atoms with Gasteiger partial charge in [0.15, 0.2) is 6.10 Å². The van der Waals surface area contributed by atoms with Gasteiger partial charge in [0.25, 0.3) is 5.91 Å². The number of phenolic OH excluding ortho intramolecular Hbond substituents is 1. The van der Waals surface area contributed by atoms with Crippen LogP contribution < -0.4 is 5.32 Å². The predicted octanol–water partition coefficient (Wildman–Crippen LogP) is 4.04. The number of aryl methyl sites for hydroxylation is 1. The topological polar surface area (TPSA) is 75.6 Å². The van der Waals surface area contributed by atoms with E-state index in [-0.39, 0.29) is 11.3 Å². The normalized spacial score (nSPS) is 11.8. The summed E-state index contributed by atoms with van der Waals surface area (Å²) in [4.78, 5) is 24.6. The Labute approximate surface area is 151 Å². The second-order valence-corrected chi connectivity index (χ2v) is 6.12. The molecule has 3 aromatic rings. The van der Waals surface area contributed by atoms with E-state index in [2.05, 4.69) is 5.32 Å². The summed E-state index contributed by atoms with van der Waals surface area (Å²) in [6.45, 7) is 3.44. The summed E-state index contributed by atoms with van der Waals surface area (Å²) in [6, 6.07) is 17.7. The molecule has 3 rings (SSSR count). The molecule has 0 aliphatic rings. The molecule has 0 radical (unpaired) electrons. The zero-order valence-electron chi connectivity index (χ0n) is 14.5. The van der Waals surface area contributed by atoms with Crippen molar-refractivity contribution < 1.29 is 19.4 Å². The van der Waals surface area contributed by atoms with Crippen molar-refractivity contribution in [3.63, 3.8) is 0 Å². The number of carbonyl (C=O) groups excluding carboxylic acids is 2. The van der Waals surface area contributed by atoms with Gasteiger partial charge in [-0.3, -0.25) is 4.79 Å². The minimum Gasteiger partial charge on any atom is -0.507 e. The van der Waals surface area contributed by atoms with E-state index in [0.717, 1.165) is 16.3 Å². The molecule has 1 amide bonds. The van der Waals surface area contributed by atoms with Crippen molar-refractivity contribution in [2.75, 3.05) is 5.32 Å². The Balaban J connectivity index is 1.71. The van der Waals surface area contributed by atoms with Gasteiger partial charge < -0.3 is 15.2 Å². The van der Waals surface area contributed by atoms with E-state index >= 15 is 0 Å². The Morgan fingerprint density at radius 1 is 1.00 bits per heavy atom. The quantitative estimate of drug-likeness (QED) is 0.697. The van der Waals surface area contributed by atoms with Crippen molar-refractivity contribution in [1.82, 2.24) is 0 Å². The molecular weight excluding hydrogens is 330 g/mol. The van der Waals surface area contributed by atoms with Crippen molar-refractivity contribution in [1.29, 1.82) is 0 Å². The highest BCUT2D eigenvalue weighted by atomic mass is 16.5. The van der Waals surface area contributed by atoms with Gasteiger partial charge in [-0.2, -0.15) is 0 Å². The lowest BCUT2D eigenvalue weighted by molar-refractivity contribution is -0.123. The number of anilines is 1. The lowest BCUT2D eigenvalue weighted by Crippen LogP contribution is -2.30. The SMILES string of the molecule is Cc1ccc(NC(=O)[C@@H](C)OC(=O)c2cc3ccccc3cc2O)cc1. The maximum absolute atomic E-state index is 12.4. The fourth-order valence-corrected chi connectivity index (χ4v) is 2.55. The van der Waals surface area contributed by atoms with E-state index in [9.17, 15) is 14.7 Å². The summed E-state index contributed by atoms with van der Waals surface area (Å²) >= 11 is 0. The minimum absolute atomic E-state index is 0.0266. The molecule has 0 aliphatic carbocycles. The Kier molecular flexibility index (Phi) is 4.89. The third-order valence-electron chi connectivity index (χ3n) is 4.06. The summed E-state index contributed by atoms with van der Waals surface area (Å²) in [5.74, 6) is -1.37. The van der Waals surface area contributed by atoms with Crippen molar-refractivity contribution in [3.05, 3.63) is 71.8 Å². The zero-order valence-corrected chi connectivity index (χ0v) is 14.5. The number of aromatic hydroxyl groups is 1. The first-order valence-electron chi connectivity index (χ1n) is 8.24. The van der Waals surface area contributed by atoms with Crippen LogP contribution in [0.25, 0.3) is 10.8 Å². The number of benzene rings is 3. The standard InChI is InChI=1S/C21H19NO4/c1-13-7-9-17(10-8-13)22-20(24)14(2)26-21(25)18-11-15-5-3-4-6-16(15)12-19(18)23/h3-12,14,23H,1-2H3,(H,22,24)/t14-/m1/s1. The van der Waals surface area contributed by atoms with Crippen LogP contribution in [-0.2, 0) is 9.53 Å². The molecule has 0 unspecified atom stereocenters. The van der Waals surface area contributed by atoms with E-state index in [1.165, 1.54) is 13.0 Å². The second kappa shape index (κ2) is 7.27. The van der Waals surface area contributed by atoms with Gasteiger partial charge in [0, 0.05) is 5.69 Å². The summed E-state index contributed by atoms with van der Waals surface area (Å²) in [7, 11) is 0. The van der Waals surface area contributed by atoms with Gasteiger partial charge in [-0.05, 0) is 48.9 Å². The molecule has 0 aliphatic heterocycles. The Morgan fingerprint density at radius 3 is 2.27 bits per heavy atom. The lowest BCUT2D eigenvalue weighted by atomic mass is 10.1. The van der Waals surface area contributed by atoms with Gasteiger partial charge in [0.2, 0.25) is 0 Å². The van der Waals surface area contributed by atoms with Crippen LogP contribution in [0.2, 0.25) is 0 Å². The molecule has 5 heteroatoms. The lowest BCUT2D eigenvalue weighted by Gasteiger charge is -2.14. The number of carbonyl (C=O) groups is 2. The van der Waals surface area contributed by atoms with Gasteiger partial charge in [0.1, 0.15) is 11.3 Å². The van der Waals surface area contributed by atoms with Gasteiger partial charge in [-0.25, -0.2) is 4.79 Å². The number of rotatable bonds is 4. The smallest absolute Gasteiger partial charge is 0.342 e.